The second-order valence-electron chi connectivity index (χ2n) is 2.69. The van der Waals surface area contributed by atoms with Gasteiger partial charge in [0.05, 0.1) is 6.21 Å². The molecule has 0 aromatic heterocycles. The van der Waals surface area contributed by atoms with Crippen LogP contribution in [0.1, 0.15) is 15.9 Å². The van der Waals surface area contributed by atoms with Gasteiger partial charge >= 0.3 is 6.18 Å². The summed E-state index contributed by atoms with van der Waals surface area (Å²) in [7, 11) is 0. The van der Waals surface area contributed by atoms with Crippen LogP contribution in [0.15, 0.2) is 29.4 Å². The van der Waals surface area contributed by atoms with Crippen LogP contribution in [-0.4, -0.2) is 23.4 Å². The third-order valence-electron chi connectivity index (χ3n) is 1.64. The van der Waals surface area contributed by atoms with Gasteiger partial charge in [0, 0.05) is 5.56 Å². The molecular formula is C9H6F3NO2. The Kier molecular flexibility index (Phi) is 3.08. The molecule has 0 amide bonds. The lowest BCUT2D eigenvalue weighted by Gasteiger charge is -2.04. The number of halogens is 3. The Morgan fingerprint density at radius 1 is 1.27 bits per heavy atom. The Balaban J connectivity index is 2.94. The summed E-state index contributed by atoms with van der Waals surface area (Å²) < 4.78 is 35.9. The number of nitrogens with zero attached hydrogens (tertiary/aromatic N) is 1. The molecule has 0 radical (unpaired) electrons. The maximum Gasteiger partial charge on any atom is 0.454 e. The van der Waals surface area contributed by atoms with Crippen LogP contribution in [-0.2, 0) is 0 Å². The van der Waals surface area contributed by atoms with Gasteiger partial charge in [0.2, 0.25) is 0 Å². The molecule has 1 aromatic rings. The summed E-state index contributed by atoms with van der Waals surface area (Å²) in [6, 6.07) is 4.54. The Hall–Kier alpha value is -1.85. The van der Waals surface area contributed by atoms with Crippen LogP contribution in [0.4, 0.5) is 13.2 Å². The minimum absolute atomic E-state index is 0.399. The number of hydrogen-bond acceptors (Lipinski definition) is 3. The van der Waals surface area contributed by atoms with Gasteiger partial charge in [-0.05, 0) is 5.56 Å². The van der Waals surface area contributed by atoms with E-state index in [1.165, 1.54) is 12.1 Å². The fourth-order valence-electron chi connectivity index (χ4n) is 0.951. The van der Waals surface area contributed by atoms with Gasteiger partial charge in [-0.3, -0.25) is 4.79 Å². The Bertz CT molecular complexity index is 381. The number of rotatable bonds is 2. The van der Waals surface area contributed by atoms with Gasteiger partial charge in [-0.15, -0.1) is 0 Å². The molecule has 0 aliphatic heterocycles. The predicted octanol–water partition coefficient (Wildman–Crippen LogP) is 2.24. The largest absolute Gasteiger partial charge is 0.454 e. The molecule has 0 saturated carbocycles. The van der Waals surface area contributed by atoms with Crippen LogP contribution in [0.3, 0.4) is 0 Å². The number of carbonyl (C=O) groups excluding carboxylic acids is 1. The minimum atomic E-state index is -4.87. The highest BCUT2D eigenvalue weighted by Crippen LogP contribution is 2.21. The van der Waals surface area contributed by atoms with Crippen molar-refractivity contribution in [2.75, 3.05) is 0 Å². The average molecular weight is 217 g/mol. The fraction of sp³-hybridized carbons (Fsp3) is 0.111. The minimum Gasteiger partial charge on any atom is -0.411 e. The number of benzene rings is 1. The molecule has 0 fully saturated rings. The van der Waals surface area contributed by atoms with Crippen LogP contribution >= 0.6 is 0 Å². The molecule has 0 saturated heterocycles. The molecule has 80 valence electrons. The number of hydrogen-bond donors (Lipinski definition) is 1. The number of alkyl halides is 3. The summed E-state index contributed by atoms with van der Waals surface area (Å²) >= 11 is 0. The maximum atomic E-state index is 12.0. The summed E-state index contributed by atoms with van der Waals surface area (Å²) in [5, 5.41) is 10.8. The van der Waals surface area contributed by atoms with Gasteiger partial charge in [-0.1, -0.05) is 29.4 Å². The molecule has 0 aliphatic rings. The highest BCUT2D eigenvalue weighted by Gasteiger charge is 2.38. The first-order valence-corrected chi connectivity index (χ1v) is 3.84. The molecule has 1 aromatic carbocycles. The summed E-state index contributed by atoms with van der Waals surface area (Å²) in [6.45, 7) is 0. The lowest BCUT2D eigenvalue weighted by Crippen LogP contribution is -2.22. The van der Waals surface area contributed by atoms with Gasteiger partial charge in [0.25, 0.3) is 5.78 Å². The zero-order valence-corrected chi connectivity index (χ0v) is 7.32. The lowest BCUT2D eigenvalue weighted by molar-refractivity contribution is -0.0885. The van der Waals surface area contributed by atoms with E-state index in [4.69, 9.17) is 5.21 Å². The molecule has 0 bridgehead atoms. The van der Waals surface area contributed by atoms with Crippen LogP contribution in [0.5, 0.6) is 0 Å². The van der Waals surface area contributed by atoms with Crippen LogP contribution in [0.25, 0.3) is 0 Å². The van der Waals surface area contributed by atoms with Gasteiger partial charge in [0.1, 0.15) is 0 Å². The number of Topliss-reactive ketones (excluding diaryl/α,β-unsaturated/α-hetero) is 1. The summed E-state index contributed by atoms with van der Waals surface area (Å²) in [5.41, 5.74) is -0.0474. The van der Waals surface area contributed by atoms with E-state index in [1.54, 1.807) is 0 Å². The molecule has 0 spiro atoms. The normalized spacial score (nSPS) is 11.9. The van der Waals surface area contributed by atoms with E-state index in [0.29, 0.717) is 5.56 Å². The van der Waals surface area contributed by atoms with Crippen molar-refractivity contribution < 1.29 is 23.2 Å². The lowest BCUT2D eigenvalue weighted by atomic mass is 10.1. The SMILES string of the molecule is O=C(c1ccc(/C=N/O)cc1)C(F)(F)F. The molecule has 15 heavy (non-hydrogen) atoms. The highest BCUT2D eigenvalue weighted by molar-refractivity contribution is 6.00. The molecule has 0 atom stereocenters. The van der Waals surface area contributed by atoms with Crippen molar-refractivity contribution in [1.82, 2.24) is 0 Å². The van der Waals surface area contributed by atoms with E-state index in [9.17, 15) is 18.0 Å². The molecule has 0 aliphatic carbocycles. The number of carbonyl (C=O) groups is 1. The first-order chi connectivity index (χ1) is 6.95. The van der Waals surface area contributed by atoms with Crippen LogP contribution < -0.4 is 0 Å². The Labute approximate surface area is 82.8 Å². The van der Waals surface area contributed by atoms with Crippen LogP contribution in [0, 0.1) is 0 Å². The third kappa shape index (κ3) is 2.80. The highest BCUT2D eigenvalue weighted by atomic mass is 19.4. The van der Waals surface area contributed by atoms with E-state index in [0.717, 1.165) is 18.3 Å². The first kappa shape index (κ1) is 11.2. The van der Waals surface area contributed by atoms with E-state index in [1.807, 2.05) is 0 Å². The van der Waals surface area contributed by atoms with Crippen molar-refractivity contribution in [2.24, 2.45) is 5.16 Å². The fourth-order valence-corrected chi connectivity index (χ4v) is 0.951. The van der Waals surface area contributed by atoms with Crippen LogP contribution in [0.2, 0.25) is 0 Å². The molecule has 1 N–H and O–H groups in total. The summed E-state index contributed by atoms with van der Waals surface area (Å²) in [4.78, 5) is 10.7. The first-order valence-electron chi connectivity index (χ1n) is 3.84. The zero-order valence-electron chi connectivity index (χ0n) is 7.32. The van der Waals surface area contributed by atoms with Gasteiger partial charge in [-0.2, -0.15) is 13.2 Å². The Morgan fingerprint density at radius 3 is 2.20 bits per heavy atom. The summed E-state index contributed by atoms with van der Waals surface area (Å²) in [5.74, 6) is -1.89. The molecule has 0 unspecified atom stereocenters. The van der Waals surface area contributed by atoms with Gasteiger partial charge in [0.15, 0.2) is 0 Å². The number of oxime groups is 1. The monoisotopic (exact) mass is 217 g/mol. The zero-order chi connectivity index (χ0) is 11.5. The Morgan fingerprint density at radius 2 is 1.80 bits per heavy atom. The average Bonchev–Trinajstić information content (AvgIpc) is 2.17. The molecule has 1 rings (SSSR count). The van der Waals surface area contributed by atoms with Crippen molar-refractivity contribution >= 4 is 12.0 Å². The predicted molar refractivity (Wildman–Crippen MR) is 46.2 cm³/mol. The molecule has 3 nitrogen and oxygen atoms in total. The van der Waals surface area contributed by atoms with E-state index >= 15 is 0 Å². The van der Waals surface area contributed by atoms with Gasteiger partial charge in [-0.25, -0.2) is 0 Å². The van der Waals surface area contributed by atoms with Crippen molar-refractivity contribution in [3.8, 4) is 0 Å². The van der Waals surface area contributed by atoms with Gasteiger partial charge < -0.3 is 5.21 Å². The second kappa shape index (κ2) is 4.12. The van der Waals surface area contributed by atoms with E-state index in [-0.39, 0.29) is 0 Å². The molecular weight excluding hydrogens is 211 g/mol. The maximum absolute atomic E-state index is 12.0. The smallest absolute Gasteiger partial charge is 0.411 e. The van der Waals surface area contributed by atoms with Crippen molar-refractivity contribution in [1.29, 1.82) is 0 Å². The molecule has 6 heteroatoms. The topological polar surface area (TPSA) is 49.7 Å². The quantitative estimate of drug-likeness (QED) is 0.357. The van der Waals surface area contributed by atoms with Crippen molar-refractivity contribution in [3.05, 3.63) is 35.4 Å². The molecule has 0 heterocycles. The van der Waals surface area contributed by atoms with E-state index < -0.39 is 17.5 Å². The van der Waals surface area contributed by atoms with Crippen molar-refractivity contribution in [2.45, 2.75) is 6.18 Å². The summed E-state index contributed by atoms with van der Waals surface area (Å²) in [6.07, 6.45) is -3.82. The standard InChI is InChI=1S/C9H6F3NO2/c10-9(11,12)8(14)7-3-1-6(2-4-7)5-13-15/h1-5,15H/b13-5+. The van der Waals surface area contributed by atoms with E-state index in [2.05, 4.69) is 5.16 Å². The van der Waals surface area contributed by atoms with Crippen molar-refractivity contribution in [3.63, 3.8) is 0 Å². The number of ketones is 1. The third-order valence-corrected chi connectivity index (χ3v) is 1.64. The second-order valence-corrected chi connectivity index (χ2v) is 2.69.